The first-order chi connectivity index (χ1) is 10.1. The Morgan fingerprint density at radius 1 is 1.24 bits per heavy atom. The molecule has 0 heterocycles. The zero-order valence-electron chi connectivity index (χ0n) is 11.3. The zero-order chi connectivity index (χ0) is 15.2. The molecule has 0 bridgehead atoms. The lowest BCUT2D eigenvalue weighted by Gasteiger charge is -2.10. The Hall–Kier alpha value is -1.72. The highest BCUT2D eigenvalue weighted by atomic mass is 79.9. The van der Waals surface area contributed by atoms with Crippen LogP contribution in [0.2, 0.25) is 5.02 Å². The number of amides is 1. The first-order valence-electron chi connectivity index (χ1n) is 6.21. The molecule has 1 amide bonds. The summed E-state index contributed by atoms with van der Waals surface area (Å²) in [6, 6.07) is 12.6. The van der Waals surface area contributed by atoms with Gasteiger partial charge in [0.2, 0.25) is 5.91 Å². The van der Waals surface area contributed by atoms with E-state index in [0.29, 0.717) is 16.4 Å². The van der Waals surface area contributed by atoms with Gasteiger partial charge in [0, 0.05) is 10.2 Å². The van der Waals surface area contributed by atoms with Crippen LogP contribution in [0.1, 0.15) is 0 Å². The topological polar surface area (TPSA) is 50.4 Å². The van der Waals surface area contributed by atoms with Crippen LogP contribution in [-0.4, -0.2) is 19.6 Å². The highest BCUT2D eigenvalue weighted by Gasteiger charge is 2.05. The number of rotatable bonds is 5. The lowest BCUT2D eigenvalue weighted by molar-refractivity contribution is -0.114. The lowest BCUT2D eigenvalue weighted by Crippen LogP contribution is -2.21. The van der Waals surface area contributed by atoms with Crippen molar-refractivity contribution in [2.45, 2.75) is 0 Å². The minimum Gasteiger partial charge on any atom is -0.497 e. The van der Waals surface area contributed by atoms with E-state index in [2.05, 4.69) is 26.6 Å². The Morgan fingerprint density at radius 3 is 2.57 bits per heavy atom. The molecule has 0 aromatic heterocycles. The van der Waals surface area contributed by atoms with Crippen LogP contribution in [0.4, 0.5) is 11.4 Å². The van der Waals surface area contributed by atoms with Gasteiger partial charge in [0.05, 0.1) is 24.4 Å². The van der Waals surface area contributed by atoms with Crippen LogP contribution in [0.15, 0.2) is 46.9 Å². The van der Waals surface area contributed by atoms with Crippen molar-refractivity contribution in [3.8, 4) is 5.75 Å². The number of hydrogen-bond donors (Lipinski definition) is 2. The average Bonchev–Trinajstić information content (AvgIpc) is 2.47. The van der Waals surface area contributed by atoms with Crippen molar-refractivity contribution >= 4 is 44.8 Å². The summed E-state index contributed by atoms with van der Waals surface area (Å²) in [6.07, 6.45) is 0. The molecular formula is C15H14BrClN2O2. The van der Waals surface area contributed by atoms with Crippen LogP contribution in [0.25, 0.3) is 0 Å². The summed E-state index contributed by atoms with van der Waals surface area (Å²) in [7, 11) is 1.60. The number of carbonyl (C=O) groups excluding carboxylic acids is 1. The standard InChI is InChI=1S/C15H14BrClN2O2/c1-21-12-5-3-11(4-6-12)19-15(20)9-18-14-7-2-10(16)8-13(14)17/h2-8,18H,9H2,1H3,(H,19,20). The molecular weight excluding hydrogens is 356 g/mol. The third-order valence-electron chi connectivity index (χ3n) is 2.74. The van der Waals surface area contributed by atoms with Gasteiger partial charge in [-0.05, 0) is 42.5 Å². The van der Waals surface area contributed by atoms with E-state index in [1.165, 1.54) is 0 Å². The van der Waals surface area contributed by atoms with Gasteiger partial charge in [0.15, 0.2) is 0 Å². The molecule has 21 heavy (non-hydrogen) atoms. The fraction of sp³-hybridized carbons (Fsp3) is 0.133. The monoisotopic (exact) mass is 368 g/mol. The Balaban J connectivity index is 1.89. The maximum atomic E-state index is 11.9. The fourth-order valence-corrected chi connectivity index (χ4v) is 2.43. The van der Waals surface area contributed by atoms with Crippen molar-refractivity contribution in [3.05, 3.63) is 52.0 Å². The summed E-state index contributed by atoms with van der Waals surface area (Å²) in [4.78, 5) is 11.9. The quantitative estimate of drug-likeness (QED) is 0.832. The van der Waals surface area contributed by atoms with E-state index < -0.39 is 0 Å². The minimum absolute atomic E-state index is 0.132. The number of halogens is 2. The molecule has 6 heteroatoms. The lowest BCUT2D eigenvalue weighted by atomic mass is 10.3. The molecule has 0 saturated carbocycles. The summed E-state index contributed by atoms with van der Waals surface area (Å²) >= 11 is 9.40. The van der Waals surface area contributed by atoms with E-state index in [9.17, 15) is 4.79 Å². The second-order valence-electron chi connectivity index (χ2n) is 4.25. The third kappa shape index (κ3) is 4.65. The van der Waals surface area contributed by atoms with Crippen LogP contribution in [0.5, 0.6) is 5.75 Å². The third-order valence-corrected chi connectivity index (χ3v) is 3.55. The minimum atomic E-state index is -0.154. The van der Waals surface area contributed by atoms with Gasteiger partial charge >= 0.3 is 0 Å². The van der Waals surface area contributed by atoms with Crippen LogP contribution in [0.3, 0.4) is 0 Å². The van der Waals surface area contributed by atoms with Crippen molar-refractivity contribution in [1.82, 2.24) is 0 Å². The van der Waals surface area contributed by atoms with Crippen molar-refractivity contribution in [2.24, 2.45) is 0 Å². The normalized spacial score (nSPS) is 10.0. The fourth-order valence-electron chi connectivity index (χ4n) is 1.69. The first-order valence-corrected chi connectivity index (χ1v) is 7.38. The van der Waals surface area contributed by atoms with E-state index in [1.807, 2.05) is 12.1 Å². The number of benzene rings is 2. The molecule has 110 valence electrons. The predicted octanol–water partition coefficient (Wildman–Crippen LogP) is 4.16. The van der Waals surface area contributed by atoms with Gasteiger partial charge in [-0.1, -0.05) is 27.5 Å². The molecule has 2 rings (SSSR count). The van der Waals surface area contributed by atoms with Crippen molar-refractivity contribution < 1.29 is 9.53 Å². The molecule has 2 aromatic rings. The maximum absolute atomic E-state index is 11.9. The largest absolute Gasteiger partial charge is 0.497 e. The maximum Gasteiger partial charge on any atom is 0.243 e. The highest BCUT2D eigenvalue weighted by molar-refractivity contribution is 9.10. The highest BCUT2D eigenvalue weighted by Crippen LogP contribution is 2.25. The summed E-state index contributed by atoms with van der Waals surface area (Å²) in [5.41, 5.74) is 1.43. The number of carbonyl (C=O) groups is 1. The molecule has 0 aliphatic heterocycles. The Bertz CT molecular complexity index is 632. The number of anilines is 2. The van der Waals surface area contributed by atoms with Crippen LogP contribution in [-0.2, 0) is 4.79 Å². The summed E-state index contributed by atoms with van der Waals surface area (Å²) in [6.45, 7) is 0.132. The number of methoxy groups -OCH3 is 1. The molecule has 2 aromatic carbocycles. The van der Waals surface area contributed by atoms with E-state index in [1.54, 1.807) is 37.4 Å². The van der Waals surface area contributed by atoms with E-state index >= 15 is 0 Å². The van der Waals surface area contributed by atoms with Crippen LogP contribution < -0.4 is 15.4 Å². The SMILES string of the molecule is COc1ccc(NC(=O)CNc2ccc(Br)cc2Cl)cc1. The molecule has 0 fully saturated rings. The van der Waals surface area contributed by atoms with Gasteiger partial charge in [-0.25, -0.2) is 0 Å². The second-order valence-corrected chi connectivity index (χ2v) is 5.58. The Kier molecular flexibility index (Phi) is 5.47. The van der Waals surface area contributed by atoms with Gasteiger partial charge < -0.3 is 15.4 Å². The second kappa shape index (κ2) is 7.33. The van der Waals surface area contributed by atoms with Crippen molar-refractivity contribution in [1.29, 1.82) is 0 Å². The average molecular weight is 370 g/mol. The zero-order valence-corrected chi connectivity index (χ0v) is 13.7. The summed E-state index contributed by atoms with van der Waals surface area (Å²) in [5, 5.41) is 6.34. The molecule has 0 radical (unpaired) electrons. The predicted molar refractivity (Wildman–Crippen MR) is 89.3 cm³/mol. The summed E-state index contributed by atoms with van der Waals surface area (Å²) < 4.78 is 5.95. The number of hydrogen-bond acceptors (Lipinski definition) is 3. The molecule has 0 aliphatic carbocycles. The van der Waals surface area contributed by atoms with Gasteiger partial charge in [-0.15, -0.1) is 0 Å². The van der Waals surface area contributed by atoms with E-state index in [-0.39, 0.29) is 12.5 Å². The number of nitrogens with one attached hydrogen (secondary N) is 2. The van der Waals surface area contributed by atoms with Crippen molar-refractivity contribution in [3.63, 3.8) is 0 Å². The smallest absolute Gasteiger partial charge is 0.243 e. The first kappa shape index (κ1) is 15.7. The molecule has 2 N–H and O–H groups in total. The van der Waals surface area contributed by atoms with E-state index in [0.717, 1.165) is 10.2 Å². The molecule has 0 aliphatic rings. The molecule has 0 saturated heterocycles. The molecule has 0 atom stereocenters. The van der Waals surface area contributed by atoms with E-state index in [4.69, 9.17) is 16.3 Å². The molecule has 0 spiro atoms. The van der Waals surface area contributed by atoms with Crippen molar-refractivity contribution in [2.75, 3.05) is 24.3 Å². The molecule has 0 unspecified atom stereocenters. The Morgan fingerprint density at radius 2 is 1.95 bits per heavy atom. The van der Waals surface area contributed by atoms with Crippen LogP contribution >= 0.6 is 27.5 Å². The number of ether oxygens (including phenoxy) is 1. The van der Waals surface area contributed by atoms with Gasteiger partial charge in [0.25, 0.3) is 0 Å². The van der Waals surface area contributed by atoms with Gasteiger partial charge in [-0.2, -0.15) is 0 Å². The summed E-state index contributed by atoms with van der Waals surface area (Å²) in [5.74, 6) is 0.590. The Labute approximate surface area is 136 Å². The van der Waals surface area contributed by atoms with Gasteiger partial charge in [-0.3, -0.25) is 4.79 Å². The molecule has 4 nitrogen and oxygen atoms in total. The van der Waals surface area contributed by atoms with Gasteiger partial charge in [0.1, 0.15) is 5.75 Å². The van der Waals surface area contributed by atoms with Crippen LogP contribution in [0, 0.1) is 0 Å².